The lowest BCUT2D eigenvalue weighted by Gasteiger charge is -2.28. The van der Waals surface area contributed by atoms with Gasteiger partial charge in [-0.05, 0) is 38.6 Å². The zero-order valence-electron chi connectivity index (χ0n) is 11.1. The van der Waals surface area contributed by atoms with E-state index in [1.165, 1.54) is 0 Å². The van der Waals surface area contributed by atoms with Crippen LogP contribution in [-0.2, 0) is 0 Å². The van der Waals surface area contributed by atoms with E-state index in [0.717, 1.165) is 19.4 Å². The van der Waals surface area contributed by atoms with Crippen LogP contribution in [0.15, 0.2) is 4.52 Å². The third kappa shape index (κ3) is 2.82. The summed E-state index contributed by atoms with van der Waals surface area (Å²) >= 11 is 0. The Kier molecular flexibility index (Phi) is 3.70. The van der Waals surface area contributed by atoms with Crippen LogP contribution < -0.4 is 5.32 Å². The summed E-state index contributed by atoms with van der Waals surface area (Å²) in [5.74, 6) is -0.520. The van der Waals surface area contributed by atoms with Gasteiger partial charge in [0.1, 0.15) is 0 Å². The van der Waals surface area contributed by atoms with Crippen LogP contribution in [0.2, 0.25) is 0 Å². The molecule has 4 nitrogen and oxygen atoms in total. The Hall–Kier alpha value is -1.11. The van der Waals surface area contributed by atoms with E-state index in [1.54, 1.807) is 0 Å². The predicted octanol–water partition coefficient (Wildman–Crippen LogP) is 3.33. The lowest BCUT2D eigenvalue weighted by Crippen LogP contribution is -2.28. The molecule has 2 fully saturated rings. The summed E-state index contributed by atoms with van der Waals surface area (Å²) in [6, 6.07) is 0.0921. The Balaban J connectivity index is 1.69. The van der Waals surface area contributed by atoms with Crippen molar-refractivity contribution < 1.29 is 17.7 Å². The molecule has 2 heterocycles. The fraction of sp³-hybridized carbons (Fsp3) is 0.846. The molecule has 0 aromatic carbocycles. The number of halogens is 3. The van der Waals surface area contributed by atoms with Crippen molar-refractivity contribution in [3.63, 3.8) is 0 Å². The molecule has 3 atom stereocenters. The molecular weight excluding hydrogens is 271 g/mol. The van der Waals surface area contributed by atoms with E-state index in [-0.39, 0.29) is 24.8 Å². The Labute approximate surface area is 115 Å². The van der Waals surface area contributed by atoms with Crippen LogP contribution in [-0.4, -0.2) is 22.9 Å². The van der Waals surface area contributed by atoms with Crippen molar-refractivity contribution in [1.82, 2.24) is 15.5 Å². The molecule has 1 aromatic rings. The first-order valence-corrected chi connectivity index (χ1v) is 7.17. The van der Waals surface area contributed by atoms with Gasteiger partial charge in [0, 0.05) is 5.92 Å². The molecule has 0 bridgehead atoms. The highest BCUT2D eigenvalue weighted by Crippen LogP contribution is 2.43. The molecule has 7 heteroatoms. The van der Waals surface area contributed by atoms with Crippen molar-refractivity contribution in [3.05, 3.63) is 11.7 Å². The summed E-state index contributed by atoms with van der Waals surface area (Å²) in [4.78, 5) is 4.32. The Morgan fingerprint density at radius 1 is 1.15 bits per heavy atom. The highest BCUT2D eigenvalue weighted by Gasteiger charge is 2.43. The maximum atomic E-state index is 12.8. The standard InChI is InChI=1S/C13H18F3N3O/c14-13(15,16)9-4-1-3-8(7-9)12-18-11(19-20-12)10-5-2-6-17-10/h8-10,17H,1-7H2. The SMILES string of the molecule is FC(F)(F)C1CCCC(c2nc(C3CCCN3)no2)C1. The summed E-state index contributed by atoms with van der Waals surface area (Å²) < 4.78 is 43.6. The van der Waals surface area contributed by atoms with Crippen LogP contribution >= 0.6 is 0 Å². The van der Waals surface area contributed by atoms with Gasteiger partial charge in [-0.1, -0.05) is 11.6 Å². The quantitative estimate of drug-likeness (QED) is 0.907. The molecule has 0 amide bonds. The fourth-order valence-electron chi connectivity index (χ4n) is 3.17. The molecule has 1 saturated carbocycles. The minimum Gasteiger partial charge on any atom is -0.339 e. The van der Waals surface area contributed by atoms with Crippen LogP contribution in [0.1, 0.15) is 62.2 Å². The van der Waals surface area contributed by atoms with E-state index in [0.29, 0.717) is 24.6 Å². The Bertz CT molecular complexity index is 454. The molecule has 3 unspecified atom stereocenters. The van der Waals surface area contributed by atoms with Gasteiger partial charge in [-0.25, -0.2) is 0 Å². The molecule has 0 radical (unpaired) electrons. The number of nitrogens with zero attached hydrogens (tertiary/aromatic N) is 2. The normalized spacial score (nSPS) is 31.6. The first-order valence-electron chi connectivity index (χ1n) is 7.17. The van der Waals surface area contributed by atoms with Crippen molar-refractivity contribution in [2.75, 3.05) is 6.54 Å². The molecule has 1 saturated heterocycles. The van der Waals surface area contributed by atoms with Gasteiger partial charge in [0.2, 0.25) is 5.89 Å². The second kappa shape index (κ2) is 5.35. The van der Waals surface area contributed by atoms with Gasteiger partial charge in [-0.3, -0.25) is 0 Å². The minimum atomic E-state index is -4.12. The van der Waals surface area contributed by atoms with Crippen molar-refractivity contribution in [3.8, 4) is 0 Å². The maximum Gasteiger partial charge on any atom is 0.391 e. The van der Waals surface area contributed by atoms with Gasteiger partial charge < -0.3 is 9.84 Å². The zero-order valence-corrected chi connectivity index (χ0v) is 11.1. The van der Waals surface area contributed by atoms with Gasteiger partial charge in [0.05, 0.1) is 12.0 Å². The molecule has 2 aliphatic rings. The molecule has 0 spiro atoms. The number of rotatable bonds is 2. The smallest absolute Gasteiger partial charge is 0.339 e. The summed E-state index contributed by atoms with van der Waals surface area (Å²) in [6.45, 7) is 0.925. The van der Waals surface area contributed by atoms with Crippen molar-refractivity contribution in [2.24, 2.45) is 5.92 Å². The topological polar surface area (TPSA) is 51.0 Å². The van der Waals surface area contributed by atoms with E-state index >= 15 is 0 Å². The molecule has 1 aliphatic heterocycles. The number of nitrogens with one attached hydrogen (secondary N) is 1. The number of alkyl halides is 3. The highest BCUT2D eigenvalue weighted by molar-refractivity contribution is 5.01. The molecule has 1 N–H and O–H groups in total. The van der Waals surface area contributed by atoms with Gasteiger partial charge in [0.25, 0.3) is 0 Å². The summed E-state index contributed by atoms with van der Waals surface area (Å²) in [5, 5.41) is 7.19. The summed E-state index contributed by atoms with van der Waals surface area (Å²) in [6.07, 6.45) is -0.549. The number of aromatic nitrogens is 2. The van der Waals surface area contributed by atoms with E-state index in [1.807, 2.05) is 0 Å². The van der Waals surface area contributed by atoms with E-state index in [9.17, 15) is 13.2 Å². The van der Waals surface area contributed by atoms with Gasteiger partial charge >= 0.3 is 6.18 Å². The highest BCUT2D eigenvalue weighted by atomic mass is 19.4. The first kappa shape index (κ1) is 13.9. The predicted molar refractivity (Wildman–Crippen MR) is 65.0 cm³/mol. The minimum absolute atomic E-state index is 0.0726. The van der Waals surface area contributed by atoms with Crippen molar-refractivity contribution >= 4 is 0 Å². The van der Waals surface area contributed by atoms with Gasteiger partial charge in [-0.2, -0.15) is 18.2 Å². The third-order valence-corrected chi connectivity index (χ3v) is 4.32. The second-order valence-electron chi connectivity index (χ2n) is 5.74. The molecule has 3 rings (SSSR count). The molecule has 112 valence electrons. The van der Waals surface area contributed by atoms with Crippen LogP contribution in [0, 0.1) is 5.92 Å². The van der Waals surface area contributed by atoms with Crippen molar-refractivity contribution in [1.29, 1.82) is 0 Å². The Morgan fingerprint density at radius 2 is 2.00 bits per heavy atom. The average Bonchev–Trinajstić information content (AvgIpc) is 3.09. The summed E-state index contributed by atoms with van der Waals surface area (Å²) in [7, 11) is 0. The van der Waals surface area contributed by atoms with Crippen LogP contribution in [0.4, 0.5) is 13.2 Å². The van der Waals surface area contributed by atoms with E-state index < -0.39 is 12.1 Å². The van der Waals surface area contributed by atoms with Crippen LogP contribution in [0.25, 0.3) is 0 Å². The van der Waals surface area contributed by atoms with Crippen molar-refractivity contribution in [2.45, 2.75) is 56.7 Å². The number of hydrogen-bond donors (Lipinski definition) is 1. The fourth-order valence-corrected chi connectivity index (χ4v) is 3.17. The Morgan fingerprint density at radius 3 is 2.70 bits per heavy atom. The molecule has 1 aromatic heterocycles. The first-order chi connectivity index (χ1) is 9.54. The summed E-state index contributed by atoms with van der Waals surface area (Å²) in [5.41, 5.74) is 0. The lowest BCUT2D eigenvalue weighted by molar-refractivity contribution is -0.183. The third-order valence-electron chi connectivity index (χ3n) is 4.32. The van der Waals surface area contributed by atoms with Gasteiger partial charge in [0.15, 0.2) is 5.82 Å². The van der Waals surface area contributed by atoms with E-state index in [2.05, 4.69) is 15.5 Å². The molecule has 1 aliphatic carbocycles. The monoisotopic (exact) mass is 289 g/mol. The maximum absolute atomic E-state index is 12.8. The average molecular weight is 289 g/mol. The molecule has 20 heavy (non-hydrogen) atoms. The van der Waals surface area contributed by atoms with Crippen LogP contribution in [0.3, 0.4) is 0 Å². The number of hydrogen-bond acceptors (Lipinski definition) is 4. The largest absolute Gasteiger partial charge is 0.391 e. The van der Waals surface area contributed by atoms with Gasteiger partial charge in [-0.15, -0.1) is 0 Å². The lowest BCUT2D eigenvalue weighted by atomic mass is 9.81. The second-order valence-corrected chi connectivity index (χ2v) is 5.74. The van der Waals surface area contributed by atoms with E-state index in [4.69, 9.17) is 4.52 Å². The molecular formula is C13H18F3N3O. The zero-order chi connectivity index (χ0) is 14.2. The van der Waals surface area contributed by atoms with Crippen LogP contribution in [0.5, 0.6) is 0 Å².